The molecule has 0 aliphatic carbocycles. The maximum atomic E-state index is 12.3. The fraction of sp³-hybridized carbons (Fsp3) is 0.650. The molecule has 2 rings (SSSR count). The van der Waals surface area contributed by atoms with Crippen molar-refractivity contribution in [2.24, 2.45) is 5.73 Å². The predicted molar refractivity (Wildman–Crippen MR) is 114 cm³/mol. The van der Waals surface area contributed by atoms with Crippen LogP contribution >= 0.6 is 24.8 Å². The summed E-state index contributed by atoms with van der Waals surface area (Å²) in [5.74, 6) is 0.309. The van der Waals surface area contributed by atoms with Crippen molar-refractivity contribution in [3.8, 4) is 0 Å². The van der Waals surface area contributed by atoms with E-state index in [-0.39, 0.29) is 24.8 Å². The molecule has 0 aromatic heterocycles. The zero-order valence-electron chi connectivity index (χ0n) is 15.9. The van der Waals surface area contributed by atoms with E-state index in [0.29, 0.717) is 18.4 Å². The first-order chi connectivity index (χ1) is 11.7. The number of carbonyl (C=O) groups is 1. The lowest BCUT2D eigenvalue weighted by Gasteiger charge is -2.37. The smallest absolute Gasteiger partial charge is 0.222 e. The number of likely N-dealkylation sites (tertiary alicyclic amines) is 1. The molecule has 0 saturated carbocycles. The Kier molecular flexibility index (Phi) is 13.8. The first-order valence-corrected chi connectivity index (χ1v) is 9.42. The number of rotatable bonds is 9. The summed E-state index contributed by atoms with van der Waals surface area (Å²) in [6.45, 7) is 3.93. The predicted octanol–water partition coefficient (Wildman–Crippen LogP) is 3.86. The van der Waals surface area contributed by atoms with Gasteiger partial charge >= 0.3 is 0 Å². The number of piperidine rings is 1. The third-order valence-electron chi connectivity index (χ3n) is 5.09. The molecule has 0 radical (unpaired) electrons. The van der Waals surface area contributed by atoms with Crippen LogP contribution in [-0.4, -0.2) is 48.4 Å². The number of nitrogens with two attached hydrogens (primary N) is 1. The summed E-state index contributed by atoms with van der Waals surface area (Å²) < 4.78 is 0. The van der Waals surface area contributed by atoms with Gasteiger partial charge in [0.1, 0.15) is 0 Å². The molecule has 1 heterocycles. The van der Waals surface area contributed by atoms with E-state index in [1.165, 1.54) is 5.56 Å². The number of halogens is 2. The fourth-order valence-corrected chi connectivity index (χ4v) is 3.46. The van der Waals surface area contributed by atoms with Crippen molar-refractivity contribution in [1.82, 2.24) is 9.80 Å². The fourth-order valence-electron chi connectivity index (χ4n) is 3.46. The summed E-state index contributed by atoms with van der Waals surface area (Å²) in [5.41, 5.74) is 6.87. The van der Waals surface area contributed by atoms with Gasteiger partial charge in [0.25, 0.3) is 0 Å². The number of hydrogen-bond donors (Lipinski definition) is 1. The lowest BCUT2D eigenvalue weighted by molar-refractivity contribution is -0.133. The molecule has 1 aliphatic rings. The molecule has 1 fully saturated rings. The average Bonchev–Trinajstić information content (AvgIpc) is 2.62. The van der Waals surface area contributed by atoms with Crippen LogP contribution in [0.15, 0.2) is 30.3 Å². The Morgan fingerprint density at radius 2 is 1.69 bits per heavy atom. The Hall–Kier alpha value is -0.810. The van der Waals surface area contributed by atoms with E-state index in [1.54, 1.807) is 0 Å². The summed E-state index contributed by atoms with van der Waals surface area (Å²) in [4.78, 5) is 16.8. The maximum Gasteiger partial charge on any atom is 0.222 e. The first-order valence-electron chi connectivity index (χ1n) is 9.42. The summed E-state index contributed by atoms with van der Waals surface area (Å²) >= 11 is 0. The van der Waals surface area contributed by atoms with Crippen LogP contribution in [-0.2, 0) is 11.3 Å². The summed E-state index contributed by atoms with van der Waals surface area (Å²) in [6, 6.07) is 11.0. The van der Waals surface area contributed by atoms with Gasteiger partial charge in [0.05, 0.1) is 0 Å². The van der Waals surface area contributed by atoms with E-state index in [0.717, 1.165) is 64.7 Å². The number of unbranched alkanes of at least 4 members (excludes halogenated alkanes) is 3. The quantitative estimate of drug-likeness (QED) is 0.636. The molecule has 1 saturated heterocycles. The highest BCUT2D eigenvalue weighted by atomic mass is 35.5. The molecule has 0 bridgehead atoms. The molecule has 4 nitrogen and oxygen atoms in total. The third kappa shape index (κ3) is 8.72. The Morgan fingerprint density at radius 3 is 2.31 bits per heavy atom. The highest BCUT2D eigenvalue weighted by Crippen LogP contribution is 2.18. The Bertz CT molecular complexity index is 479. The van der Waals surface area contributed by atoms with Crippen molar-refractivity contribution < 1.29 is 4.79 Å². The Balaban J connectivity index is 0.00000312. The highest BCUT2D eigenvalue weighted by molar-refractivity contribution is 5.85. The minimum Gasteiger partial charge on any atom is -0.343 e. The molecule has 0 atom stereocenters. The lowest BCUT2D eigenvalue weighted by Crippen LogP contribution is -2.45. The average molecular weight is 404 g/mol. The Morgan fingerprint density at radius 1 is 1.08 bits per heavy atom. The zero-order valence-corrected chi connectivity index (χ0v) is 17.6. The van der Waals surface area contributed by atoms with Gasteiger partial charge in [-0.1, -0.05) is 43.2 Å². The monoisotopic (exact) mass is 403 g/mol. The van der Waals surface area contributed by atoms with Crippen LogP contribution in [0.3, 0.4) is 0 Å². The summed E-state index contributed by atoms with van der Waals surface area (Å²) in [5, 5.41) is 0. The van der Waals surface area contributed by atoms with Crippen molar-refractivity contribution in [2.75, 3.05) is 26.7 Å². The molecule has 0 unspecified atom stereocenters. The van der Waals surface area contributed by atoms with Gasteiger partial charge in [-0.15, -0.1) is 24.8 Å². The molecule has 1 aliphatic heterocycles. The standard InChI is InChI=1S/C20H33N3O.2ClH/c1-22(20(24)11-7-2-3-8-14-21)19-12-15-23(16-13-19)17-18-9-5-4-6-10-18;;/h4-6,9-10,19H,2-3,7-8,11-17,21H2,1H3;2*1H. The second kappa shape index (κ2) is 14.3. The van der Waals surface area contributed by atoms with Gasteiger partial charge in [0, 0.05) is 39.1 Å². The zero-order chi connectivity index (χ0) is 17.2. The molecule has 150 valence electrons. The minimum atomic E-state index is 0. The minimum absolute atomic E-state index is 0. The van der Waals surface area contributed by atoms with E-state index in [4.69, 9.17) is 5.73 Å². The molecule has 2 N–H and O–H groups in total. The van der Waals surface area contributed by atoms with Crippen LogP contribution in [0.25, 0.3) is 0 Å². The molecular weight excluding hydrogens is 369 g/mol. The van der Waals surface area contributed by atoms with Gasteiger partial charge in [0.15, 0.2) is 0 Å². The van der Waals surface area contributed by atoms with Gasteiger partial charge in [-0.2, -0.15) is 0 Å². The number of carbonyl (C=O) groups excluding carboxylic acids is 1. The second-order valence-corrected chi connectivity index (χ2v) is 6.95. The largest absolute Gasteiger partial charge is 0.343 e. The first kappa shape index (κ1) is 25.2. The molecule has 1 amide bonds. The van der Waals surface area contributed by atoms with Crippen molar-refractivity contribution in [1.29, 1.82) is 0 Å². The van der Waals surface area contributed by atoms with Crippen molar-refractivity contribution in [3.63, 3.8) is 0 Å². The van der Waals surface area contributed by atoms with Crippen LogP contribution in [0.5, 0.6) is 0 Å². The van der Waals surface area contributed by atoms with Crippen molar-refractivity contribution in [2.45, 2.75) is 57.5 Å². The Labute approximate surface area is 171 Å². The normalized spacial score (nSPS) is 15.0. The molecular formula is C20H35Cl2N3O. The third-order valence-corrected chi connectivity index (χ3v) is 5.09. The summed E-state index contributed by atoms with van der Waals surface area (Å²) in [7, 11) is 1.99. The van der Waals surface area contributed by atoms with Crippen LogP contribution in [0.2, 0.25) is 0 Å². The molecule has 26 heavy (non-hydrogen) atoms. The van der Waals surface area contributed by atoms with E-state index in [1.807, 2.05) is 11.9 Å². The molecule has 1 aromatic carbocycles. The maximum absolute atomic E-state index is 12.3. The molecule has 6 heteroatoms. The van der Waals surface area contributed by atoms with Crippen molar-refractivity contribution in [3.05, 3.63) is 35.9 Å². The van der Waals surface area contributed by atoms with Gasteiger partial charge < -0.3 is 10.6 Å². The second-order valence-electron chi connectivity index (χ2n) is 6.95. The molecule has 1 aromatic rings. The van der Waals surface area contributed by atoms with Gasteiger partial charge in [-0.25, -0.2) is 0 Å². The number of benzene rings is 1. The van der Waals surface area contributed by atoms with E-state index in [2.05, 4.69) is 35.2 Å². The van der Waals surface area contributed by atoms with E-state index >= 15 is 0 Å². The molecule has 0 spiro atoms. The van der Waals surface area contributed by atoms with Crippen LogP contribution < -0.4 is 5.73 Å². The highest BCUT2D eigenvalue weighted by Gasteiger charge is 2.24. The number of hydrogen-bond acceptors (Lipinski definition) is 3. The van der Waals surface area contributed by atoms with E-state index in [9.17, 15) is 4.79 Å². The van der Waals surface area contributed by atoms with Gasteiger partial charge in [0.2, 0.25) is 5.91 Å². The van der Waals surface area contributed by atoms with E-state index < -0.39 is 0 Å². The van der Waals surface area contributed by atoms with Gasteiger partial charge in [-0.3, -0.25) is 9.69 Å². The van der Waals surface area contributed by atoms with Crippen LogP contribution in [0.1, 0.15) is 50.5 Å². The van der Waals surface area contributed by atoms with Gasteiger partial charge in [-0.05, 0) is 37.8 Å². The SMILES string of the molecule is CN(C(=O)CCCCCCN)C1CCN(Cc2ccccc2)CC1.Cl.Cl. The number of amides is 1. The van der Waals surface area contributed by atoms with Crippen LogP contribution in [0.4, 0.5) is 0 Å². The number of nitrogens with zero attached hydrogens (tertiary/aromatic N) is 2. The summed E-state index contributed by atoms with van der Waals surface area (Å²) in [6.07, 6.45) is 7.19. The van der Waals surface area contributed by atoms with Crippen LogP contribution in [0, 0.1) is 0 Å². The lowest BCUT2D eigenvalue weighted by atomic mass is 10.0. The van der Waals surface area contributed by atoms with Crippen molar-refractivity contribution >= 4 is 30.7 Å². The topological polar surface area (TPSA) is 49.6 Å².